The van der Waals surface area contributed by atoms with E-state index in [0.717, 1.165) is 29.0 Å². The minimum absolute atomic E-state index is 0.655. The van der Waals surface area contributed by atoms with Gasteiger partial charge in [0, 0.05) is 12.6 Å². The molecule has 0 saturated carbocycles. The molecule has 2 heterocycles. The van der Waals surface area contributed by atoms with Crippen LogP contribution < -0.4 is 10.5 Å². The largest absolute Gasteiger partial charge is 0.495 e. The number of imidazole rings is 1. The minimum atomic E-state index is 0.655. The molecule has 1 aromatic carbocycles. The van der Waals surface area contributed by atoms with Gasteiger partial charge in [0.2, 0.25) is 0 Å². The topological polar surface area (TPSA) is 52.5 Å². The van der Waals surface area contributed by atoms with E-state index in [1.54, 1.807) is 7.11 Å². The number of hydrogen-bond acceptors (Lipinski definition) is 3. The van der Waals surface area contributed by atoms with Crippen LogP contribution in [0.15, 0.2) is 42.6 Å². The lowest BCUT2D eigenvalue weighted by molar-refractivity contribution is 0.417. The van der Waals surface area contributed by atoms with Crippen LogP contribution >= 0.6 is 0 Å². The second kappa shape index (κ2) is 4.89. The van der Waals surface area contributed by atoms with E-state index < -0.39 is 0 Å². The molecule has 0 aliphatic carbocycles. The SMILES string of the molecule is COc1ccc(Cc2nc(C)c3ccccn23)cc1N. The lowest BCUT2D eigenvalue weighted by atomic mass is 10.1. The second-order valence-electron chi connectivity index (χ2n) is 4.82. The Bertz CT molecular complexity index is 762. The first-order chi connectivity index (χ1) is 9.69. The molecule has 0 spiro atoms. The number of hydrogen-bond donors (Lipinski definition) is 1. The summed E-state index contributed by atoms with van der Waals surface area (Å²) in [6.07, 6.45) is 2.78. The van der Waals surface area contributed by atoms with E-state index in [2.05, 4.69) is 15.5 Å². The van der Waals surface area contributed by atoms with Gasteiger partial charge in [-0.1, -0.05) is 12.1 Å². The van der Waals surface area contributed by atoms with Crippen LogP contribution in [0.4, 0.5) is 5.69 Å². The standard InChI is InChI=1S/C16H17N3O/c1-11-14-5-3-4-8-19(14)16(18-11)10-12-6-7-15(20-2)13(17)9-12/h3-9H,10,17H2,1-2H3. The van der Waals surface area contributed by atoms with Crippen molar-refractivity contribution in [2.45, 2.75) is 13.3 Å². The number of fused-ring (bicyclic) bond motifs is 1. The van der Waals surface area contributed by atoms with Crippen LogP contribution in [0.2, 0.25) is 0 Å². The molecule has 2 N–H and O–H groups in total. The van der Waals surface area contributed by atoms with Crippen molar-refractivity contribution in [2.24, 2.45) is 0 Å². The number of pyridine rings is 1. The summed E-state index contributed by atoms with van der Waals surface area (Å²) in [5, 5.41) is 0. The third-order valence-electron chi connectivity index (χ3n) is 3.46. The summed E-state index contributed by atoms with van der Waals surface area (Å²) >= 11 is 0. The number of nitrogens with two attached hydrogens (primary N) is 1. The first-order valence-corrected chi connectivity index (χ1v) is 6.54. The molecular weight excluding hydrogens is 250 g/mol. The smallest absolute Gasteiger partial charge is 0.141 e. The number of rotatable bonds is 3. The Labute approximate surface area is 117 Å². The number of nitrogen functional groups attached to an aromatic ring is 1. The van der Waals surface area contributed by atoms with Gasteiger partial charge in [0.25, 0.3) is 0 Å². The van der Waals surface area contributed by atoms with E-state index in [0.29, 0.717) is 11.4 Å². The fourth-order valence-corrected chi connectivity index (χ4v) is 2.47. The van der Waals surface area contributed by atoms with Crippen molar-refractivity contribution in [1.29, 1.82) is 0 Å². The Morgan fingerprint density at radius 2 is 2.10 bits per heavy atom. The van der Waals surface area contributed by atoms with E-state index >= 15 is 0 Å². The maximum atomic E-state index is 5.95. The highest BCUT2D eigenvalue weighted by molar-refractivity contribution is 5.56. The molecule has 0 amide bonds. The molecule has 0 aliphatic heterocycles. The van der Waals surface area contributed by atoms with Gasteiger partial charge in [0.05, 0.1) is 24.0 Å². The van der Waals surface area contributed by atoms with Crippen molar-refractivity contribution in [3.63, 3.8) is 0 Å². The highest BCUT2D eigenvalue weighted by Gasteiger charge is 2.09. The van der Waals surface area contributed by atoms with Gasteiger partial charge in [-0.2, -0.15) is 0 Å². The van der Waals surface area contributed by atoms with Gasteiger partial charge >= 0.3 is 0 Å². The molecule has 3 rings (SSSR count). The van der Waals surface area contributed by atoms with Crippen LogP contribution in [0.1, 0.15) is 17.1 Å². The molecule has 4 heteroatoms. The van der Waals surface area contributed by atoms with Crippen LogP contribution in [0.25, 0.3) is 5.52 Å². The van der Waals surface area contributed by atoms with E-state index in [4.69, 9.17) is 10.5 Å². The van der Waals surface area contributed by atoms with E-state index in [-0.39, 0.29) is 0 Å². The van der Waals surface area contributed by atoms with E-state index in [1.165, 1.54) is 0 Å². The third kappa shape index (κ3) is 2.09. The number of anilines is 1. The molecule has 20 heavy (non-hydrogen) atoms. The Balaban J connectivity index is 1.99. The fourth-order valence-electron chi connectivity index (χ4n) is 2.47. The van der Waals surface area contributed by atoms with Crippen molar-refractivity contribution in [3.05, 3.63) is 59.7 Å². The van der Waals surface area contributed by atoms with Crippen molar-refractivity contribution < 1.29 is 4.74 Å². The summed E-state index contributed by atoms with van der Waals surface area (Å²) in [5.74, 6) is 1.72. The maximum absolute atomic E-state index is 5.95. The molecule has 0 aliphatic rings. The van der Waals surface area contributed by atoms with Gasteiger partial charge in [0.15, 0.2) is 0 Å². The summed E-state index contributed by atoms with van der Waals surface area (Å²) in [6.45, 7) is 2.03. The minimum Gasteiger partial charge on any atom is -0.495 e. The van der Waals surface area contributed by atoms with Crippen LogP contribution in [0.3, 0.4) is 0 Å². The highest BCUT2D eigenvalue weighted by Crippen LogP contribution is 2.23. The maximum Gasteiger partial charge on any atom is 0.141 e. The predicted molar refractivity (Wildman–Crippen MR) is 80.1 cm³/mol. The summed E-state index contributed by atoms with van der Waals surface area (Å²) in [4.78, 5) is 4.65. The molecule has 0 saturated heterocycles. The second-order valence-corrected chi connectivity index (χ2v) is 4.82. The Morgan fingerprint density at radius 3 is 2.85 bits per heavy atom. The number of aryl methyl sites for hydroxylation is 1. The van der Waals surface area contributed by atoms with Gasteiger partial charge < -0.3 is 14.9 Å². The lowest BCUT2D eigenvalue weighted by Crippen LogP contribution is -1.98. The van der Waals surface area contributed by atoms with E-state index in [9.17, 15) is 0 Å². The number of methoxy groups -OCH3 is 1. The van der Waals surface area contributed by atoms with Crippen molar-refractivity contribution in [1.82, 2.24) is 9.38 Å². The van der Waals surface area contributed by atoms with Gasteiger partial charge in [0.1, 0.15) is 11.6 Å². The monoisotopic (exact) mass is 267 g/mol. The third-order valence-corrected chi connectivity index (χ3v) is 3.46. The molecule has 0 bridgehead atoms. The number of aromatic nitrogens is 2. The lowest BCUT2D eigenvalue weighted by Gasteiger charge is -2.07. The quantitative estimate of drug-likeness (QED) is 0.742. The summed E-state index contributed by atoms with van der Waals surface area (Å²) in [5.41, 5.74) is 9.92. The van der Waals surface area contributed by atoms with Crippen LogP contribution in [0, 0.1) is 6.92 Å². The summed E-state index contributed by atoms with van der Waals surface area (Å²) in [6, 6.07) is 12.0. The zero-order valence-corrected chi connectivity index (χ0v) is 11.6. The predicted octanol–water partition coefficient (Wildman–Crippen LogP) is 2.82. The zero-order valence-electron chi connectivity index (χ0n) is 11.6. The first kappa shape index (κ1) is 12.5. The van der Waals surface area contributed by atoms with Crippen LogP contribution in [-0.4, -0.2) is 16.5 Å². The van der Waals surface area contributed by atoms with Crippen LogP contribution in [-0.2, 0) is 6.42 Å². The molecule has 102 valence electrons. The van der Waals surface area contributed by atoms with Gasteiger partial charge in [-0.15, -0.1) is 0 Å². The highest BCUT2D eigenvalue weighted by atomic mass is 16.5. The number of benzene rings is 1. The average Bonchev–Trinajstić information content (AvgIpc) is 2.76. The summed E-state index contributed by atoms with van der Waals surface area (Å²) < 4.78 is 7.30. The molecule has 0 fully saturated rings. The normalized spacial score (nSPS) is 10.9. The fraction of sp³-hybridized carbons (Fsp3) is 0.188. The van der Waals surface area contributed by atoms with Crippen molar-refractivity contribution in [3.8, 4) is 5.75 Å². The molecule has 4 nitrogen and oxygen atoms in total. The van der Waals surface area contributed by atoms with Crippen molar-refractivity contribution in [2.75, 3.05) is 12.8 Å². The Kier molecular flexibility index (Phi) is 3.06. The first-order valence-electron chi connectivity index (χ1n) is 6.54. The number of nitrogens with zero attached hydrogens (tertiary/aromatic N) is 2. The Morgan fingerprint density at radius 1 is 1.25 bits per heavy atom. The zero-order chi connectivity index (χ0) is 14.1. The van der Waals surface area contributed by atoms with E-state index in [1.807, 2.05) is 43.5 Å². The number of ether oxygens (including phenoxy) is 1. The van der Waals surface area contributed by atoms with Gasteiger partial charge in [-0.05, 0) is 36.8 Å². The molecule has 0 unspecified atom stereocenters. The molecule has 2 aromatic heterocycles. The average molecular weight is 267 g/mol. The molecule has 0 radical (unpaired) electrons. The molecular formula is C16H17N3O. The van der Waals surface area contributed by atoms with Crippen LogP contribution in [0.5, 0.6) is 5.75 Å². The molecule has 3 aromatic rings. The van der Waals surface area contributed by atoms with Gasteiger partial charge in [-0.25, -0.2) is 4.98 Å². The molecule has 0 atom stereocenters. The van der Waals surface area contributed by atoms with Gasteiger partial charge in [-0.3, -0.25) is 0 Å². The summed E-state index contributed by atoms with van der Waals surface area (Å²) in [7, 11) is 1.62. The van der Waals surface area contributed by atoms with Crippen molar-refractivity contribution >= 4 is 11.2 Å². The Hall–Kier alpha value is -2.49.